The minimum atomic E-state index is -4.46. The lowest BCUT2D eigenvalue weighted by atomic mass is 10.1. The van der Waals surface area contributed by atoms with Crippen LogP contribution in [0.3, 0.4) is 0 Å². The van der Waals surface area contributed by atoms with Crippen molar-refractivity contribution < 1.29 is 22.7 Å². The molecule has 0 saturated carbocycles. The van der Waals surface area contributed by atoms with Crippen molar-refractivity contribution in [2.75, 3.05) is 44.7 Å². The first-order chi connectivity index (χ1) is 14.8. The van der Waals surface area contributed by atoms with Gasteiger partial charge in [-0.3, -0.25) is 4.90 Å². The second-order valence-corrected chi connectivity index (χ2v) is 7.73. The van der Waals surface area contributed by atoms with E-state index in [9.17, 15) is 18.0 Å². The van der Waals surface area contributed by atoms with E-state index in [4.69, 9.17) is 4.74 Å². The van der Waals surface area contributed by atoms with Crippen molar-refractivity contribution in [1.82, 2.24) is 9.80 Å². The van der Waals surface area contributed by atoms with Gasteiger partial charge in [-0.2, -0.15) is 13.2 Å². The van der Waals surface area contributed by atoms with Crippen LogP contribution in [0.5, 0.6) is 0 Å². The zero-order chi connectivity index (χ0) is 22.3. The van der Waals surface area contributed by atoms with Gasteiger partial charge >= 0.3 is 12.2 Å². The molecule has 8 heteroatoms. The van der Waals surface area contributed by atoms with E-state index < -0.39 is 17.8 Å². The summed E-state index contributed by atoms with van der Waals surface area (Å²) in [6, 6.07) is 12.2. The molecule has 0 unspecified atom stereocenters. The van der Waals surface area contributed by atoms with Gasteiger partial charge in [0.05, 0.1) is 18.8 Å². The van der Waals surface area contributed by atoms with Gasteiger partial charge in [0.2, 0.25) is 0 Å². The molecule has 0 radical (unpaired) electrons. The standard InChI is InChI=1S/C23H28F3N3O2/c1-18-5-2-6-19(15-18)17-29(10-4-9-28-11-13-31-14-12-28)22(30)27-21-8-3-7-20(16-21)23(24,25)26/h2-3,5-8,15-16H,4,9-14,17H2,1H3,(H,27,30). The molecule has 2 aromatic carbocycles. The lowest BCUT2D eigenvalue weighted by Gasteiger charge is -2.28. The van der Waals surface area contributed by atoms with Gasteiger partial charge in [-0.15, -0.1) is 0 Å². The van der Waals surface area contributed by atoms with E-state index in [0.29, 0.717) is 26.3 Å². The predicted octanol–water partition coefficient (Wildman–Crippen LogP) is 4.77. The van der Waals surface area contributed by atoms with Crippen LogP contribution >= 0.6 is 0 Å². The van der Waals surface area contributed by atoms with E-state index in [1.165, 1.54) is 12.1 Å². The van der Waals surface area contributed by atoms with Crippen LogP contribution in [-0.2, 0) is 17.5 Å². The molecule has 1 aliphatic rings. The summed E-state index contributed by atoms with van der Waals surface area (Å²) in [5, 5.41) is 2.63. The molecule has 0 spiro atoms. The Balaban J connectivity index is 1.67. The van der Waals surface area contributed by atoms with Crippen molar-refractivity contribution in [3.05, 3.63) is 65.2 Å². The van der Waals surface area contributed by atoms with Crippen LogP contribution in [0.25, 0.3) is 0 Å². The van der Waals surface area contributed by atoms with Crippen LogP contribution in [0, 0.1) is 6.92 Å². The molecule has 1 heterocycles. The van der Waals surface area contributed by atoms with Gasteiger partial charge in [0.25, 0.3) is 0 Å². The Hall–Kier alpha value is -2.58. The van der Waals surface area contributed by atoms with Crippen molar-refractivity contribution in [3.63, 3.8) is 0 Å². The summed E-state index contributed by atoms with van der Waals surface area (Å²) in [5.41, 5.74) is 1.40. The minimum Gasteiger partial charge on any atom is -0.379 e. The van der Waals surface area contributed by atoms with E-state index in [1.807, 2.05) is 31.2 Å². The summed E-state index contributed by atoms with van der Waals surface area (Å²) in [7, 11) is 0. The molecule has 0 atom stereocenters. The highest BCUT2D eigenvalue weighted by molar-refractivity contribution is 5.89. The van der Waals surface area contributed by atoms with Crippen LogP contribution < -0.4 is 5.32 Å². The first kappa shape index (κ1) is 23.1. The number of benzene rings is 2. The lowest BCUT2D eigenvalue weighted by molar-refractivity contribution is -0.137. The maximum atomic E-state index is 13.0. The number of hydrogen-bond acceptors (Lipinski definition) is 3. The first-order valence-electron chi connectivity index (χ1n) is 10.4. The largest absolute Gasteiger partial charge is 0.416 e. The van der Waals surface area contributed by atoms with Crippen LogP contribution in [-0.4, -0.2) is 55.2 Å². The normalized spacial score (nSPS) is 15.0. The van der Waals surface area contributed by atoms with Gasteiger partial charge in [-0.1, -0.05) is 35.9 Å². The minimum absolute atomic E-state index is 0.127. The summed E-state index contributed by atoms with van der Waals surface area (Å²) >= 11 is 0. The highest BCUT2D eigenvalue weighted by Gasteiger charge is 2.30. The third-order valence-corrected chi connectivity index (χ3v) is 5.19. The smallest absolute Gasteiger partial charge is 0.379 e. The Kier molecular flexibility index (Phi) is 7.92. The molecule has 5 nitrogen and oxygen atoms in total. The number of rotatable bonds is 7. The maximum absolute atomic E-state index is 13.0. The summed E-state index contributed by atoms with van der Waals surface area (Å²) in [6.45, 7) is 6.86. The Bertz CT molecular complexity index is 867. The molecule has 3 rings (SSSR count). The fourth-order valence-corrected chi connectivity index (χ4v) is 3.57. The molecule has 0 bridgehead atoms. The molecule has 0 aliphatic carbocycles. The summed E-state index contributed by atoms with van der Waals surface area (Å²) < 4.78 is 44.3. The molecule has 0 aromatic heterocycles. The van der Waals surface area contributed by atoms with Crippen LogP contribution in [0.4, 0.5) is 23.7 Å². The number of aryl methyl sites for hydroxylation is 1. The molecule has 31 heavy (non-hydrogen) atoms. The number of nitrogens with one attached hydrogen (secondary N) is 1. The van der Waals surface area contributed by atoms with Gasteiger partial charge in [-0.05, 0) is 37.1 Å². The fourth-order valence-electron chi connectivity index (χ4n) is 3.57. The highest BCUT2D eigenvalue weighted by atomic mass is 19.4. The second-order valence-electron chi connectivity index (χ2n) is 7.73. The van der Waals surface area contributed by atoms with Crippen molar-refractivity contribution in [3.8, 4) is 0 Å². The van der Waals surface area contributed by atoms with Crippen molar-refractivity contribution in [2.45, 2.75) is 26.1 Å². The van der Waals surface area contributed by atoms with Crippen LogP contribution in [0.1, 0.15) is 23.1 Å². The number of carbonyl (C=O) groups excluding carboxylic acids is 1. The quantitative estimate of drug-likeness (QED) is 0.682. The van der Waals surface area contributed by atoms with E-state index in [1.54, 1.807) is 4.90 Å². The molecule has 1 aliphatic heterocycles. The van der Waals surface area contributed by atoms with Gasteiger partial charge in [-0.25, -0.2) is 4.79 Å². The molecule has 1 fully saturated rings. The van der Waals surface area contributed by atoms with E-state index in [-0.39, 0.29) is 5.69 Å². The molecule has 168 valence electrons. The predicted molar refractivity (Wildman–Crippen MR) is 114 cm³/mol. The zero-order valence-electron chi connectivity index (χ0n) is 17.6. The Morgan fingerprint density at radius 1 is 1.13 bits per heavy atom. The number of urea groups is 1. The van der Waals surface area contributed by atoms with Gasteiger partial charge in [0.1, 0.15) is 0 Å². The van der Waals surface area contributed by atoms with E-state index in [2.05, 4.69) is 10.2 Å². The molecule has 2 amide bonds. The molecule has 2 aromatic rings. The van der Waals surface area contributed by atoms with Crippen LogP contribution in [0.15, 0.2) is 48.5 Å². The molecule has 1 N–H and O–H groups in total. The summed E-state index contributed by atoms with van der Waals surface area (Å²) in [6.07, 6.45) is -3.69. The number of anilines is 1. The number of alkyl halides is 3. The third kappa shape index (κ3) is 7.25. The number of ether oxygens (including phenoxy) is 1. The number of halogens is 3. The number of hydrogen-bond donors (Lipinski definition) is 1. The SMILES string of the molecule is Cc1cccc(CN(CCCN2CCOCC2)C(=O)Nc2cccc(C(F)(F)F)c2)c1. The van der Waals surface area contributed by atoms with E-state index >= 15 is 0 Å². The average Bonchev–Trinajstić information content (AvgIpc) is 2.73. The zero-order valence-corrected chi connectivity index (χ0v) is 17.6. The number of morpholine rings is 1. The maximum Gasteiger partial charge on any atom is 0.416 e. The lowest BCUT2D eigenvalue weighted by Crippen LogP contribution is -2.40. The van der Waals surface area contributed by atoms with Crippen molar-refractivity contribution in [2.24, 2.45) is 0 Å². The number of amides is 2. The van der Waals surface area contributed by atoms with Gasteiger partial charge < -0.3 is 15.0 Å². The van der Waals surface area contributed by atoms with Gasteiger partial charge in [0, 0.05) is 38.4 Å². The third-order valence-electron chi connectivity index (χ3n) is 5.19. The average molecular weight is 435 g/mol. The fraction of sp³-hybridized carbons (Fsp3) is 0.435. The Morgan fingerprint density at radius 2 is 1.87 bits per heavy atom. The number of nitrogens with zero attached hydrogens (tertiary/aromatic N) is 2. The molecular weight excluding hydrogens is 407 g/mol. The second kappa shape index (κ2) is 10.6. The van der Waals surface area contributed by atoms with Crippen molar-refractivity contribution in [1.29, 1.82) is 0 Å². The topological polar surface area (TPSA) is 44.8 Å². The van der Waals surface area contributed by atoms with Gasteiger partial charge in [0.15, 0.2) is 0 Å². The van der Waals surface area contributed by atoms with Crippen LogP contribution in [0.2, 0.25) is 0 Å². The Labute approximate surface area is 180 Å². The van der Waals surface area contributed by atoms with E-state index in [0.717, 1.165) is 49.3 Å². The molecular formula is C23H28F3N3O2. The van der Waals surface area contributed by atoms with Crippen molar-refractivity contribution >= 4 is 11.7 Å². The summed E-state index contributed by atoms with van der Waals surface area (Å²) in [5.74, 6) is 0. The number of carbonyl (C=O) groups is 1. The summed E-state index contributed by atoms with van der Waals surface area (Å²) in [4.78, 5) is 16.9. The molecule has 1 saturated heterocycles. The highest BCUT2D eigenvalue weighted by Crippen LogP contribution is 2.30. The monoisotopic (exact) mass is 435 g/mol. The Morgan fingerprint density at radius 3 is 2.58 bits per heavy atom. The first-order valence-corrected chi connectivity index (χ1v) is 10.4.